The molecule has 0 aliphatic carbocycles. The predicted molar refractivity (Wildman–Crippen MR) is 103 cm³/mol. The number of nitrogens with one attached hydrogen (secondary N) is 1. The minimum absolute atomic E-state index is 0.0438. The molecule has 0 radical (unpaired) electrons. The Labute approximate surface area is 155 Å². The van der Waals surface area contributed by atoms with Gasteiger partial charge in [0.1, 0.15) is 0 Å². The van der Waals surface area contributed by atoms with Gasteiger partial charge < -0.3 is 11.1 Å². The van der Waals surface area contributed by atoms with Crippen LogP contribution in [0, 0.1) is 0 Å². The molecule has 2 aromatic rings. The van der Waals surface area contributed by atoms with Crippen LogP contribution in [0.5, 0.6) is 0 Å². The number of carbonyl (C=O) groups excluding carboxylic acids is 2. The molecule has 2 amide bonds. The third kappa shape index (κ3) is 4.42. The van der Waals surface area contributed by atoms with Crippen LogP contribution in [-0.4, -0.2) is 35.6 Å². The maximum absolute atomic E-state index is 12.5. The van der Waals surface area contributed by atoms with Gasteiger partial charge in [0.15, 0.2) is 0 Å². The number of nitrogens with two attached hydrogens (primary N) is 1. The number of para-hydroxylation sites is 1. The summed E-state index contributed by atoms with van der Waals surface area (Å²) in [5.74, 6) is -0.228. The van der Waals surface area contributed by atoms with Gasteiger partial charge in [-0.25, -0.2) is 0 Å². The number of thioether (sulfide) groups is 1. The van der Waals surface area contributed by atoms with E-state index in [1.165, 1.54) is 22.2 Å². The average molecular weight is 376 g/mol. The highest BCUT2D eigenvalue weighted by Gasteiger charge is 2.26. The molecule has 0 saturated heterocycles. The third-order valence-corrected chi connectivity index (χ3v) is 6.37. The van der Waals surface area contributed by atoms with Gasteiger partial charge in [0.2, 0.25) is 11.8 Å². The zero-order valence-electron chi connectivity index (χ0n) is 14.0. The molecule has 0 unspecified atom stereocenters. The van der Waals surface area contributed by atoms with Crippen LogP contribution in [0.4, 0.5) is 5.69 Å². The van der Waals surface area contributed by atoms with Crippen molar-refractivity contribution >= 4 is 40.6 Å². The first-order chi connectivity index (χ1) is 12.0. The Morgan fingerprint density at radius 3 is 2.96 bits per heavy atom. The lowest BCUT2D eigenvalue weighted by atomic mass is 10.0. The standard InChI is InChI=1S/C18H21N3O2S2/c1-12-13-7-9-24-15(13)6-8-21(12)10-18(23)20-14-4-2-3-5-16(14)25-11-17(19)22/h2-5,7,9,12H,6,8,10-11H2,1H3,(H2,19,22)(H,20,23)/t12-/m0/s1. The maximum Gasteiger partial charge on any atom is 0.238 e. The Hall–Kier alpha value is -1.83. The highest BCUT2D eigenvalue weighted by Crippen LogP contribution is 2.32. The lowest BCUT2D eigenvalue weighted by Gasteiger charge is -2.33. The Bertz CT molecular complexity index is 775. The van der Waals surface area contributed by atoms with Gasteiger partial charge in [-0.1, -0.05) is 12.1 Å². The summed E-state index contributed by atoms with van der Waals surface area (Å²) in [4.78, 5) is 28.0. The van der Waals surface area contributed by atoms with Crippen molar-refractivity contribution in [1.82, 2.24) is 4.90 Å². The summed E-state index contributed by atoms with van der Waals surface area (Å²) in [6, 6.07) is 9.88. The molecule has 1 atom stereocenters. The highest BCUT2D eigenvalue weighted by molar-refractivity contribution is 8.00. The average Bonchev–Trinajstić information content (AvgIpc) is 3.06. The molecule has 1 aromatic carbocycles. The molecule has 7 heteroatoms. The van der Waals surface area contributed by atoms with E-state index in [-0.39, 0.29) is 23.6 Å². The molecule has 3 rings (SSSR count). The number of fused-ring (bicyclic) bond motifs is 1. The van der Waals surface area contributed by atoms with E-state index in [0.29, 0.717) is 6.54 Å². The summed E-state index contributed by atoms with van der Waals surface area (Å²) in [7, 11) is 0. The van der Waals surface area contributed by atoms with Gasteiger partial charge in [0.25, 0.3) is 0 Å². The molecule has 5 nitrogen and oxygen atoms in total. The Morgan fingerprint density at radius 1 is 1.36 bits per heavy atom. The van der Waals surface area contributed by atoms with E-state index in [1.54, 1.807) is 11.3 Å². The van der Waals surface area contributed by atoms with Crippen LogP contribution in [-0.2, 0) is 16.0 Å². The summed E-state index contributed by atoms with van der Waals surface area (Å²) in [5.41, 5.74) is 7.26. The zero-order chi connectivity index (χ0) is 17.8. The van der Waals surface area contributed by atoms with Crippen LogP contribution >= 0.6 is 23.1 Å². The van der Waals surface area contributed by atoms with E-state index >= 15 is 0 Å². The van der Waals surface area contributed by atoms with Gasteiger partial charge in [-0.15, -0.1) is 23.1 Å². The van der Waals surface area contributed by atoms with Crippen molar-refractivity contribution in [2.75, 3.05) is 24.2 Å². The van der Waals surface area contributed by atoms with E-state index in [0.717, 1.165) is 23.5 Å². The first kappa shape index (κ1) is 18.0. The molecule has 2 heterocycles. The first-order valence-corrected chi connectivity index (χ1v) is 10.0. The van der Waals surface area contributed by atoms with Crippen LogP contribution < -0.4 is 11.1 Å². The highest BCUT2D eigenvalue weighted by atomic mass is 32.2. The summed E-state index contributed by atoms with van der Waals surface area (Å²) in [6.45, 7) is 3.39. The van der Waals surface area contributed by atoms with Crippen LogP contribution in [0.25, 0.3) is 0 Å². The lowest BCUT2D eigenvalue weighted by Crippen LogP contribution is -2.39. The number of hydrogen-bond acceptors (Lipinski definition) is 5. The van der Waals surface area contributed by atoms with Crippen molar-refractivity contribution in [3.05, 3.63) is 46.2 Å². The second-order valence-electron chi connectivity index (χ2n) is 5.99. The molecule has 3 N–H and O–H groups in total. The van der Waals surface area contributed by atoms with E-state index < -0.39 is 0 Å². The van der Waals surface area contributed by atoms with Crippen molar-refractivity contribution in [2.24, 2.45) is 5.73 Å². The molecule has 0 saturated carbocycles. The molecule has 0 bridgehead atoms. The van der Waals surface area contributed by atoms with E-state index in [1.807, 2.05) is 24.3 Å². The third-order valence-electron chi connectivity index (χ3n) is 4.28. The quantitative estimate of drug-likeness (QED) is 0.761. The monoisotopic (exact) mass is 375 g/mol. The number of benzene rings is 1. The summed E-state index contributed by atoms with van der Waals surface area (Å²) < 4.78 is 0. The summed E-state index contributed by atoms with van der Waals surface area (Å²) >= 11 is 3.13. The minimum atomic E-state index is -0.375. The molecule has 0 fully saturated rings. The van der Waals surface area contributed by atoms with Crippen LogP contribution in [0.2, 0.25) is 0 Å². The van der Waals surface area contributed by atoms with Crippen LogP contribution in [0.3, 0.4) is 0 Å². The van der Waals surface area contributed by atoms with Crippen LogP contribution in [0.15, 0.2) is 40.6 Å². The van der Waals surface area contributed by atoms with E-state index in [4.69, 9.17) is 5.73 Å². The van der Waals surface area contributed by atoms with Gasteiger partial charge in [-0.3, -0.25) is 14.5 Å². The predicted octanol–water partition coefficient (Wildman–Crippen LogP) is 2.88. The molecule has 1 aromatic heterocycles. The molecule has 25 heavy (non-hydrogen) atoms. The topological polar surface area (TPSA) is 75.4 Å². The number of hydrogen-bond donors (Lipinski definition) is 2. The number of rotatable bonds is 6. The fourth-order valence-corrected chi connectivity index (χ4v) is 4.71. The Morgan fingerprint density at radius 2 is 2.16 bits per heavy atom. The van der Waals surface area contributed by atoms with E-state index in [2.05, 4.69) is 28.6 Å². The smallest absolute Gasteiger partial charge is 0.238 e. The van der Waals surface area contributed by atoms with Crippen molar-refractivity contribution in [3.63, 3.8) is 0 Å². The molecule has 1 aliphatic rings. The summed E-state index contributed by atoms with van der Waals surface area (Å²) in [5, 5.41) is 5.09. The van der Waals surface area contributed by atoms with Crippen molar-refractivity contribution in [3.8, 4) is 0 Å². The fraction of sp³-hybridized carbons (Fsp3) is 0.333. The van der Waals surface area contributed by atoms with Crippen molar-refractivity contribution in [1.29, 1.82) is 0 Å². The van der Waals surface area contributed by atoms with Gasteiger partial charge in [0, 0.05) is 22.4 Å². The number of anilines is 1. The second-order valence-corrected chi connectivity index (χ2v) is 8.01. The second kappa shape index (κ2) is 8.03. The Balaban J connectivity index is 1.63. The van der Waals surface area contributed by atoms with Gasteiger partial charge in [-0.05, 0) is 42.5 Å². The molecule has 0 spiro atoms. The Kier molecular flexibility index (Phi) is 5.78. The minimum Gasteiger partial charge on any atom is -0.369 e. The van der Waals surface area contributed by atoms with Crippen molar-refractivity contribution in [2.45, 2.75) is 24.3 Å². The lowest BCUT2D eigenvalue weighted by molar-refractivity contribution is -0.118. The van der Waals surface area contributed by atoms with Gasteiger partial charge in [-0.2, -0.15) is 0 Å². The number of thiophene rings is 1. The zero-order valence-corrected chi connectivity index (χ0v) is 15.7. The van der Waals surface area contributed by atoms with Gasteiger partial charge >= 0.3 is 0 Å². The normalized spacial score (nSPS) is 17.1. The summed E-state index contributed by atoms with van der Waals surface area (Å²) in [6.07, 6.45) is 0.996. The number of primary amides is 1. The molecular weight excluding hydrogens is 354 g/mol. The van der Waals surface area contributed by atoms with Crippen molar-refractivity contribution < 1.29 is 9.59 Å². The fourth-order valence-electron chi connectivity index (χ4n) is 3.00. The molecular formula is C18H21N3O2S2. The molecule has 132 valence electrons. The molecule has 1 aliphatic heterocycles. The van der Waals surface area contributed by atoms with E-state index in [9.17, 15) is 9.59 Å². The first-order valence-electron chi connectivity index (χ1n) is 8.15. The number of nitrogens with zero attached hydrogens (tertiary/aromatic N) is 1. The largest absolute Gasteiger partial charge is 0.369 e. The van der Waals surface area contributed by atoms with Gasteiger partial charge in [0.05, 0.1) is 18.0 Å². The number of amides is 2. The van der Waals surface area contributed by atoms with Crippen LogP contribution in [0.1, 0.15) is 23.4 Å². The maximum atomic E-state index is 12.5. The number of carbonyl (C=O) groups is 2. The SMILES string of the molecule is C[C@H]1c2ccsc2CCN1CC(=O)Nc1ccccc1SCC(N)=O.